The Morgan fingerprint density at radius 1 is 0.848 bits per heavy atom. The van der Waals surface area contributed by atoms with Crippen LogP contribution in [0.4, 0.5) is 0 Å². The molecular weight excluding hydrogens is 406 g/mol. The van der Waals surface area contributed by atoms with E-state index in [0.717, 1.165) is 54.5 Å². The van der Waals surface area contributed by atoms with Crippen molar-refractivity contribution in [3.05, 3.63) is 113 Å². The smallest absolute Gasteiger partial charge is 0.159 e. The first-order chi connectivity index (χ1) is 16.2. The van der Waals surface area contributed by atoms with Crippen molar-refractivity contribution in [2.24, 2.45) is 0 Å². The third-order valence-electron chi connectivity index (χ3n) is 6.45. The summed E-state index contributed by atoms with van der Waals surface area (Å²) in [4.78, 5) is 23.2. The molecule has 0 saturated carbocycles. The van der Waals surface area contributed by atoms with Gasteiger partial charge in [0.05, 0.1) is 5.52 Å². The molecule has 2 aromatic heterocycles. The molecule has 1 fully saturated rings. The molecule has 1 aliphatic rings. The van der Waals surface area contributed by atoms with E-state index < -0.39 is 0 Å². The molecule has 0 N–H and O–H groups in total. The van der Waals surface area contributed by atoms with E-state index in [2.05, 4.69) is 58.4 Å². The van der Waals surface area contributed by atoms with Gasteiger partial charge in [-0.1, -0.05) is 54.1 Å². The molecule has 33 heavy (non-hydrogen) atoms. The molecule has 0 radical (unpaired) electrons. The van der Waals surface area contributed by atoms with E-state index in [-0.39, 0.29) is 5.78 Å². The lowest BCUT2D eigenvalue weighted by molar-refractivity contribution is 0.101. The Kier molecular flexibility index (Phi) is 6.09. The molecule has 0 bridgehead atoms. The largest absolute Gasteiger partial charge is 0.298 e. The van der Waals surface area contributed by atoms with Crippen LogP contribution < -0.4 is 0 Å². The summed E-state index contributed by atoms with van der Waals surface area (Å²) in [5.74, 6) is 0.0898. The number of hydrogen-bond acceptors (Lipinski definition) is 4. The zero-order valence-corrected chi connectivity index (χ0v) is 18.9. The number of rotatable bonds is 5. The average molecular weight is 434 g/mol. The van der Waals surface area contributed by atoms with Gasteiger partial charge in [-0.15, -0.1) is 0 Å². The van der Waals surface area contributed by atoms with Crippen LogP contribution in [0, 0.1) is 0 Å². The first kappa shape index (κ1) is 21.2. The lowest BCUT2D eigenvalue weighted by atomic mass is 9.87. The van der Waals surface area contributed by atoms with Gasteiger partial charge >= 0.3 is 0 Å². The number of para-hydroxylation sites is 1. The summed E-state index contributed by atoms with van der Waals surface area (Å²) >= 11 is 0. The molecule has 4 nitrogen and oxygen atoms in total. The molecule has 0 aliphatic carbocycles. The number of aromatic nitrogens is 2. The van der Waals surface area contributed by atoms with E-state index in [1.165, 1.54) is 22.3 Å². The van der Waals surface area contributed by atoms with Gasteiger partial charge in [0, 0.05) is 54.7 Å². The van der Waals surface area contributed by atoms with Crippen LogP contribution in [0.25, 0.3) is 16.5 Å². The van der Waals surface area contributed by atoms with Crippen molar-refractivity contribution >= 4 is 22.3 Å². The molecule has 0 amide bonds. The summed E-state index contributed by atoms with van der Waals surface area (Å²) in [6, 6.07) is 22.7. The molecule has 0 unspecified atom stereocenters. The number of Topliss-reactive ketones (excluding diaryl/α,β-unsaturated/α-hetero) is 1. The average Bonchev–Trinajstić information content (AvgIpc) is 2.86. The third kappa shape index (κ3) is 4.62. The topological polar surface area (TPSA) is 46.1 Å². The SMILES string of the molecule is CC(=O)c1ccc(C(=C2CCN(Cc3ccncc3)CC2)c2cccc3cccnc23)cc1. The predicted octanol–water partition coefficient (Wildman–Crippen LogP) is 5.93. The fourth-order valence-electron chi connectivity index (χ4n) is 4.71. The van der Waals surface area contributed by atoms with Gasteiger partial charge in [0.15, 0.2) is 5.78 Å². The summed E-state index contributed by atoms with van der Waals surface area (Å²) < 4.78 is 0. The van der Waals surface area contributed by atoms with Crippen LogP contribution in [0.3, 0.4) is 0 Å². The van der Waals surface area contributed by atoms with Crippen LogP contribution in [0.15, 0.2) is 90.9 Å². The number of likely N-dealkylation sites (tertiary alicyclic amines) is 1. The molecule has 4 heteroatoms. The van der Waals surface area contributed by atoms with Gasteiger partial charge in [0.1, 0.15) is 0 Å². The molecule has 2 aromatic carbocycles. The van der Waals surface area contributed by atoms with Crippen molar-refractivity contribution in [3.63, 3.8) is 0 Å². The summed E-state index contributed by atoms with van der Waals surface area (Å²) in [6.45, 7) is 4.60. The number of carbonyl (C=O) groups excluding carboxylic acids is 1. The molecule has 0 spiro atoms. The molecule has 4 aromatic rings. The van der Waals surface area contributed by atoms with Crippen molar-refractivity contribution in [2.75, 3.05) is 13.1 Å². The number of benzene rings is 2. The van der Waals surface area contributed by atoms with Crippen molar-refractivity contribution in [3.8, 4) is 0 Å². The fraction of sp³-hybridized carbons (Fsp3) is 0.207. The predicted molar refractivity (Wildman–Crippen MR) is 133 cm³/mol. The Hall–Kier alpha value is -3.63. The highest BCUT2D eigenvalue weighted by Crippen LogP contribution is 2.35. The number of nitrogens with zero attached hydrogens (tertiary/aromatic N) is 3. The second-order valence-electron chi connectivity index (χ2n) is 8.62. The Balaban J connectivity index is 1.53. The van der Waals surface area contributed by atoms with Gasteiger partial charge in [-0.25, -0.2) is 0 Å². The maximum atomic E-state index is 11.8. The van der Waals surface area contributed by atoms with E-state index >= 15 is 0 Å². The summed E-state index contributed by atoms with van der Waals surface area (Å²) in [5, 5.41) is 1.14. The Bertz CT molecular complexity index is 1290. The maximum absolute atomic E-state index is 11.8. The molecular formula is C29H27N3O. The second-order valence-corrected chi connectivity index (χ2v) is 8.62. The van der Waals surface area contributed by atoms with Crippen LogP contribution in [0.1, 0.15) is 46.8 Å². The lowest BCUT2D eigenvalue weighted by Crippen LogP contribution is -2.30. The second kappa shape index (κ2) is 9.47. The highest BCUT2D eigenvalue weighted by molar-refractivity contribution is 5.98. The zero-order chi connectivity index (χ0) is 22.6. The number of ketones is 1. The molecule has 0 atom stereocenters. The van der Waals surface area contributed by atoms with Crippen LogP contribution in [0.2, 0.25) is 0 Å². The van der Waals surface area contributed by atoms with E-state index in [4.69, 9.17) is 4.98 Å². The van der Waals surface area contributed by atoms with Crippen LogP contribution >= 0.6 is 0 Å². The minimum Gasteiger partial charge on any atom is -0.298 e. The van der Waals surface area contributed by atoms with Crippen molar-refractivity contribution in [1.82, 2.24) is 14.9 Å². The third-order valence-corrected chi connectivity index (χ3v) is 6.45. The van der Waals surface area contributed by atoms with Crippen LogP contribution in [-0.4, -0.2) is 33.7 Å². The quantitative estimate of drug-likeness (QED) is 0.366. The molecule has 164 valence electrons. The summed E-state index contributed by atoms with van der Waals surface area (Å²) in [5.41, 5.74) is 8.10. The first-order valence-corrected chi connectivity index (χ1v) is 11.5. The number of hydrogen-bond donors (Lipinski definition) is 0. The Morgan fingerprint density at radius 2 is 1.55 bits per heavy atom. The van der Waals surface area contributed by atoms with E-state index in [9.17, 15) is 4.79 Å². The van der Waals surface area contributed by atoms with E-state index in [0.29, 0.717) is 0 Å². The van der Waals surface area contributed by atoms with Gasteiger partial charge < -0.3 is 0 Å². The van der Waals surface area contributed by atoms with Crippen LogP contribution in [-0.2, 0) is 6.54 Å². The first-order valence-electron chi connectivity index (χ1n) is 11.5. The maximum Gasteiger partial charge on any atom is 0.159 e. The fourth-order valence-corrected chi connectivity index (χ4v) is 4.71. The van der Waals surface area contributed by atoms with Crippen LogP contribution in [0.5, 0.6) is 0 Å². The minimum atomic E-state index is 0.0898. The molecule has 1 saturated heterocycles. The van der Waals surface area contributed by atoms with E-state index in [1.54, 1.807) is 6.92 Å². The summed E-state index contributed by atoms with van der Waals surface area (Å²) in [6.07, 6.45) is 7.61. The van der Waals surface area contributed by atoms with E-state index in [1.807, 2.05) is 36.8 Å². The van der Waals surface area contributed by atoms with Gasteiger partial charge in [-0.3, -0.25) is 19.7 Å². The Morgan fingerprint density at radius 3 is 2.27 bits per heavy atom. The van der Waals surface area contributed by atoms with Crippen molar-refractivity contribution in [2.45, 2.75) is 26.3 Å². The monoisotopic (exact) mass is 433 g/mol. The van der Waals surface area contributed by atoms with Gasteiger partial charge in [0.2, 0.25) is 0 Å². The Labute approximate surface area is 194 Å². The van der Waals surface area contributed by atoms with Gasteiger partial charge in [0.25, 0.3) is 0 Å². The van der Waals surface area contributed by atoms with Gasteiger partial charge in [-0.2, -0.15) is 0 Å². The molecule has 3 heterocycles. The van der Waals surface area contributed by atoms with Crippen molar-refractivity contribution in [1.29, 1.82) is 0 Å². The summed E-state index contributed by atoms with van der Waals surface area (Å²) in [7, 11) is 0. The molecule has 5 rings (SSSR count). The van der Waals surface area contributed by atoms with Crippen molar-refractivity contribution < 1.29 is 4.79 Å². The van der Waals surface area contributed by atoms with Gasteiger partial charge in [-0.05, 0) is 54.7 Å². The minimum absolute atomic E-state index is 0.0898. The standard InChI is InChI=1S/C29H27N3O/c1-21(33)23-7-9-24(10-8-23)28(27-6-2-4-26-5-3-15-31-29(26)27)25-13-18-32(19-14-25)20-22-11-16-30-17-12-22/h2-12,15-17H,13-14,18-20H2,1H3. The number of piperidine rings is 1. The number of pyridine rings is 2. The lowest BCUT2D eigenvalue weighted by Gasteiger charge is -2.30. The number of carbonyl (C=O) groups is 1. The normalized spacial score (nSPS) is 14.4. The molecule has 1 aliphatic heterocycles. The highest BCUT2D eigenvalue weighted by atomic mass is 16.1. The highest BCUT2D eigenvalue weighted by Gasteiger charge is 2.21. The zero-order valence-electron chi connectivity index (χ0n) is 18.9. The number of fused-ring (bicyclic) bond motifs is 1.